The first kappa shape index (κ1) is 30.8. The van der Waals surface area contributed by atoms with E-state index in [2.05, 4.69) is 19.2 Å². The molecule has 0 fully saturated rings. The van der Waals surface area contributed by atoms with Gasteiger partial charge in [-0.2, -0.15) is 0 Å². The fourth-order valence-corrected chi connectivity index (χ4v) is 4.84. The number of amides is 3. The number of nitrogens with two attached hydrogens (primary N) is 2. The van der Waals surface area contributed by atoms with Crippen molar-refractivity contribution in [2.45, 2.75) is 79.8 Å². The Morgan fingerprint density at radius 3 is 2.14 bits per heavy atom. The molecular formula is C27H48N4O4. The van der Waals surface area contributed by atoms with E-state index in [9.17, 15) is 19.5 Å². The van der Waals surface area contributed by atoms with Gasteiger partial charge in [-0.3, -0.25) is 14.4 Å². The van der Waals surface area contributed by atoms with E-state index < -0.39 is 29.3 Å². The van der Waals surface area contributed by atoms with Crippen molar-refractivity contribution in [3.05, 3.63) is 23.3 Å². The number of carbonyl (C=O) groups excluding carboxylic acids is 3. The summed E-state index contributed by atoms with van der Waals surface area (Å²) in [7, 11) is 0. The second kappa shape index (κ2) is 14.4. The number of nitrogens with one attached hydrogen (secondary N) is 1. The van der Waals surface area contributed by atoms with Gasteiger partial charge in [-0.1, -0.05) is 47.6 Å². The van der Waals surface area contributed by atoms with Crippen molar-refractivity contribution in [1.82, 2.24) is 10.2 Å². The van der Waals surface area contributed by atoms with Crippen LogP contribution in [-0.4, -0.2) is 60.0 Å². The third-order valence-corrected chi connectivity index (χ3v) is 6.62. The van der Waals surface area contributed by atoms with Crippen LogP contribution in [0.2, 0.25) is 0 Å². The number of carbonyl (C=O) groups is 3. The van der Waals surface area contributed by atoms with Gasteiger partial charge in [0.05, 0.1) is 11.5 Å². The monoisotopic (exact) mass is 492 g/mol. The summed E-state index contributed by atoms with van der Waals surface area (Å²) in [6.45, 7) is 14.4. The van der Waals surface area contributed by atoms with E-state index in [1.807, 2.05) is 27.7 Å². The van der Waals surface area contributed by atoms with Crippen molar-refractivity contribution in [2.24, 2.45) is 34.6 Å². The SMILES string of the molecule is CCCN(CCC)C(=O)C1=CC(C(N)=O)=CC(C(N)=O)([C@H](CC(C)C)[C@@H](O)CNCCC(C)C)C1. The molecule has 0 spiro atoms. The topological polar surface area (TPSA) is 139 Å². The summed E-state index contributed by atoms with van der Waals surface area (Å²) in [5, 5.41) is 14.6. The average Bonchev–Trinajstić information content (AvgIpc) is 2.78. The van der Waals surface area contributed by atoms with Gasteiger partial charge < -0.3 is 26.8 Å². The summed E-state index contributed by atoms with van der Waals surface area (Å²) in [5.74, 6) is -1.55. The molecule has 0 radical (unpaired) electrons. The second-order valence-corrected chi connectivity index (χ2v) is 10.7. The molecular weight excluding hydrogens is 444 g/mol. The number of rotatable bonds is 16. The zero-order chi connectivity index (χ0) is 26.8. The van der Waals surface area contributed by atoms with E-state index in [4.69, 9.17) is 11.5 Å². The molecule has 0 aliphatic heterocycles. The van der Waals surface area contributed by atoms with Gasteiger partial charge in [0.15, 0.2) is 0 Å². The number of hydrogen-bond acceptors (Lipinski definition) is 5. The Kier molecular flexibility index (Phi) is 12.7. The minimum atomic E-state index is -1.41. The summed E-state index contributed by atoms with van der Waals surface area (Å²) in [4.78, 5) is 40.7. The molecule has 35 heavy (non-hydrogen) atoms. The van der Waals surface area contributed by atoms with Crippen molar-refractivity contribution < 1.29 is 19.5 Å². The third kappa shape index (κ3) is 8.76. The van der Waals surface area contributed by atoms with Crippen LogP contribution in [0, 0.1) is 23.2 Å². The Labute approximate surface area is 211 Å². The van der Waals surface area contributed by atoms with Crippen LogP contribution in [0.25, 0.3) is 0 Å². The highest BCUT2D eigenvalue weighted by molar-refractivity contribution is 6.03. The molecule has 1 aliphatic rings. The number of nitrogens with zero attached hydrogens (tertiary/aromatic N) is 1. The lowest BCUT2D eigenvalue weighted by atomic mass is 9.62. The Balaban J connectivity index is 3.46. The second-order valence-electron chi connectivity index (χ2n) is 10.7. The molecule has 1 aliphatic carbocycles. The molecule has 200 valence electrons. The first-order valence-electron chi connectivity index (χ1n) is 13.1. The van der Waals surface area contributed by atoms with Gasteiger partial charge >= 0.3 is 0 Å². The summed E-state index contributed by atoms with van der Waals surface area (Å²) in [5.41, 5.74) is 10.7. The highest BCUT2D eigenvalue weighted by Gasteiger charge is 2.49. The van der Waals surface area contributed by atoms with Gasteiger partial charge in [0.25, 0.3) is 0 Å². The van der Waals surface area contributed by atoms with E-state index in [1.165, 1.54) is 12.2 Å². The van der Waals surface area contributed by atoms with Crippen LogP contribution in [0.4, 0.5) is 0 Å². The Bertz CT molecular complexity index is 784. The largest absolute Gasteiger partial charge is 0.391 e. The highest BCUT2D eigenvalue weighted by Crippen LogP contribution is 2.45. The quantitative estimate of drug-likeness (QED) is 0.245. The maximum atomic E-state index is 13.5. The molecule has 3 atom stereocenters. The van der Waals surface area contributed by atoms with E-state index in [0.717, 1.165) is 25.8 Å². The Hall–Kier alpha value is -2.19. The molecule has 8 nitrogen and oxygen atoms in total. The molecule has 6 N–H and O–H groups in total. The molecule has 0 aromatic rings. The van der Waals surface area contributed by atoms with Gasteiger partial charge in [0, 0.05) is 36.7 Å². The van der Waals surface area contributed by atoms with Crippen LogP contribution in [-0.2, 0) is 14.4 Å². The fraction of sp³-hybridized carbons (Fsp3) is 0.741. The molecule has 0 aromatic heterocycles. The highest BCUT2D eigenvalue weighted by atomic mass is 16.3. The van der Waals surface area contributed by atoms with Gasteiger partial charge in [-0.05, 0) is 56.6 Å². The molecule has 0 bridgehead atoms. The first-order chi connectivity index (χ1) is 16.4. The fourth-order valence-electron chi connectivity index (χ4n) is 4.84. The number of aliphatic hydroxyl groups excluding tert-OH is 1. The van der Waals surface area contributed by atoms with E-state index in [-0.39, 0.29) is 30.4 Å². The summed E-state index contributed by atoms with van der Waals surface area (Å²) in [6, 6.07) is 0. The molecule has 0 saturated carbocycles. The molecule has 0 aromatic carbocycles. The zero-order valence-corrected chi connectivity index (χ0v) is 22.6. The minimum absolute atomic E-state index is 0.0301. The molecule has 0 heterocycles. The molecule has 1 rings (SSSR count). The molecule has 1 unspecified atom stereocenters. The normalized spacial score (nSPS) is 19.8. The Morgan fingerprint density at radius 1 is 1.09 bits per heavy atom. The van der Waals surface area contributed by atoms with Gasteiger partial charge in [0.1, 0.15) is 0 Å². The van der Waals surface area contributed by atoms with Crippen molar-refractivity contribution in [1.29, 1.82) is 0 Å². The number of aliphatic hydroxyl groups is 1. The van der Waals surface area contributed by atoms with Gasteiger partial charge in [0.2, 0.25) is 17.7 Å². The number of primary amides is 2. The smallest absolute Gasteiger partial charge is 0.249 e. The van der Waals surface area contributed by atoms with Crippen LogP contribution < -0.4 is 16.8 Å². The molecule has 8 heteroatoms. The lowest BCUT2D eigenvalue weighted by Crippen LogP contribution is -2.52. The van der Waals surface area contributed by atoms with Crippen LogP contribution in [0.1, 0.15) is 73.6 Å². The maximum Gasteiger partial charge on any atom is 0.249 e. The lowest BCUT2D eigenvalue weighted by Gasteiger charge is -2.42. The van der Waals surface area contributed by atoms with Crippen molar-refractivity contribution in [3.8, 4) is 0 Å². The van der Waals surface area contributed by atoms with Crippen molar-refractivity contribution >= 4 is 17.7 Å². The summed E-state index contributed by atoms with van der Waals surface area (Å²) < 4.78 is 0. The van der Waals surface area contributed by atoms with Crippen molar-refractivity contribution in [3.63, 3.8) is 0 Å². The van der Waals surface area contributed by atoms with E-state index in [0.29, 0.717) is 31.0 Å². The lowest BCUT2D eigenvalue weighted by molar-refractivity contribution is -0.132. The minimum Gasteiger partial charge on any atom is -0.391 e. The van der Waals surface area contributed by atoms with Crippen molar-refractivity contribution in [2.75, 3.05) is 26.2 Å². The van der Waals surface area contributed by atoms with Crippen LogP contribution in [0.5, 0.6) is 0 Å². The van der Waals surface area contributed by atoms with Crippen LogP contribution >= 0.6 is 0 Å². The Morgan fingerprint density at radius 2 is 1.69 bits per heavy atom. The van der Waals surface area contributed by atoms with E-state index >= 15 is 0 Å². The third-order valence-electron chi connectivity index (χ3n) is 6.62. The molecule has 3 amide bonds. The zero-order valence-electron chi connectivity index (χ0n) is 22.6. The number of hydrogen-bond donors (Lipinski definition) is 4. The predicted octanol–water partition coefficient (Wildman–Crippen LogP) is 2.51. The summed E-state index contributed by atoms with van der Waals surface area (Å²) in [6.07, 6.45) is 5.15. The van der Waals surface area contributed by atoms with Crippen LogP contribution in [0.3, 0.4) is 0 Å². The van der Waals surface area contributed by atoms with Crippen LogP contribution in [0.15, 0.2) is 23.3 Å². The maximum absolute atomic E-state index is 13.5. The summed E-state index contributed by atoms with van der Waals surface area (Å²) >= 11 is 0. The standard InChI is InChI=1S/C27H48N4O4/c1-7-11-31(12-8-2)25(34)21-14-20(24(28)33)15-27(16-21,26(29)35)22(13-19(5)6)23(32)17-30-10-9-18(3)4/h14-15,18-19,22-23,30,32H,7-13,16-17H2,1-6H3,(H2,28,33)(H2,29,35)/t22-,23+,27?/m1/s1. The predicted molar refractivity (Wildman–Crippen MR) is 140 cm³/mol. The van der Waals surface area contributed by atoms with Gasteiger partial charge in [-0.25, -0.2) is 0 Å². The van der Waals surface area contributed by atoms with Gasteiger partial charge in [-0.15, -0.1) is 0 Å². The average molecular weight is 493 g/mol. The first-order valence-corrected chi connectivity index (χ1v) is 13.1. The van der Waals surface area contributed by atoms with E-state index in [1.54, 1.807) is 4.90 Å². The molecule has 0 saturated heterocycles.